The molecule has 1 aliphatic rings. The number of amides is 3. The van der Waals surface area contributed by atoms with Crippen LogP contribution in [-0.4, -0.2) is 72.2 Å². The van der Waals surface area contributed by atoms with Crippen LogP contribution in [-0.2, 0) is 19.2 Å². The van der Waals surface area contributed by atoms with Crippen LogP contribution < -0.4 is 21.3 Å². The molecule has 1 rings (SSSR count). The van der Waals surface area contributed by atoms with Gasteiger partial charge in [-0.2, -0.15) is 0 Å². The Balaban J connectivity index is 2.35. The Bertz CT molecular complexity index is 435. The van der Waals surface area contributed by atoms with E-state index in [0.717, 1.165) is 13.0 Å². The Hall–Kier alpha value is -2.20. The molecule has 0 aromatic carbocycles. The average molecular weight is 316 g/mol. The normalized spacial score (nSPS) is 18.3. The highest BCUT2D eigenvalue weighted by Crippen LogP contribution is 2.04. The predicted octanol–water partition coefficient (Wildman–Crippen LogP) is -3.47. The van der Waals surface area contributed by atoms with Gasteiger partial charge < -0.3 is 31.5 Å². The van der Waals surface area contributed by atoms with Gasteiger partial charge in [-0.1, -0.05) is 0 Å². The van der Waals surface area contributed by atoms with Gasteiger partial charge in [-0.05, 0) is 19.4 Å². The molecule has 0 aromatic rings. The summed E-state index contributed by atoms with van der Waals surface area (Å²) in [6.45, 7) is -0.888. The van der Waals surface area contributed by atoms with Crippen molar-refractivity contribution in [2.24, 2.45) is 0 Å². The second kappa shape index (κ2) is 8.95. The number of hydrogen-bond donors (Lipinski definition) is 6. The molecule has 10 heteroatoms. The molecule has 0 spiro atoms. The van der Waals surface area contributed by atoms with Crippen LogP contribution in [0.5, 0.6) is 0 Å². The molecule has 1 heterocycles. The molecule has 1 aliphatic heterocycles. The monoisotopic (exact) mass is 316 g/mol. The minimum Gasteiger partial charge on any atom is -0.480 e. The molecular weight excluding hydrogens is 296 g/mol. The van der Waals surface area contributed by atoms with Gasteiger partial charge in [0.1, 0.15) is 12.6 Å². The molecule has 0 saturated carbocycles. The fourth-order valence-electron chi connectivity index (χ4n) is 1.90. The van der Waals surface area contributed by atoms with Crippen molar-refractivity contribution in [1.29, 1.82) is 0 Å². The van der Waals surface area contributed by atoms with E-state index in [1.165, 1.54) is 0 Å². The van der Waals surface area contributed by atoms with Crippen molar-refractivity contribution in [2.45, 2.75) is 24.9 Å². The lowest BCUT2D eigenvalue weighted by atomic mass is 10.2. The Morgan fingerprint density at radius 3 is 2.45 bits per heavy atom. The number of hydrogen-bond acceptors (Lipinski definition) is 6. The van der Waals surface area contributed by atoms with E-state index < -0.39 is 43.5 Å². The van der Waals surface area contributed by atoms with Crippen LogP contribution in [0.15, 0.2) is 0 Å². The molecule has 10 nitrogen and oxygen atoms in total. The third-order valence-electron chi connectivity index (χ3n) is 3.05. The molecule has 2 atom stereocenters. The standard InChI is InChI=1S/C12H20N4O6/c17-6-8(16-12(22)7-2-1-3-13-7)11(21)15-4-9(18)14-5-10(19)20/h7-8,13,17H,1-6H2,(H,14,18)(H,15,21)(H,16,22)(H,19,20). The summed E-state index contributed by atoms with van der Waals surface area (Å²) in [6.07, 6.45) is 1.51. The average Bonchev–Trinajstić information content (AvgIpc) is 3.02. The second-order valence-corrected chi connectivity index (χ2v) is 4.78. The van der Waals surface area contributed by atoms with Crippen LogP contribution in [0.1, 0.15) is 12.8 Å². The SMILES string of the molecule is O=C(O)CNC(=O)CNC(=O)C(CO)NC(=O)C1CCCN1. The van der Waals surface area contributed by atoms with Crippen molar-refractivity contribution >= 4 is 23.7 Å². The summed E-state index contributed by atoms with van der Waals surface area (Å²) in [5.74, 6) is -3.00. The quantitative estimate of drug-likeness (QED) is 0.271. The number of rotatable bonds is 8. The first-order valence-electron chi connectivity index (χ1n) is 6.85. The zero-order valence-corrected chi connectivity index (χ0v) is 11.9. The lowest BCUT2D eigenvalue weighted by molar-refractivity contribution is -0.138. The zero-order chi connectivity index (χ0) is 16.5. The van der Waals surface area contributed by atoms with Crippen molar-refractivity contribution in [1.82, 2.24) is 21.3 Å². The fraction of sp³-hybridized carbons (Fsp3) is 0.667. The third kappa shape index (κ3) is 6.06. The number of carbonyl (C=O) groups is 4. The molecule has 1 saturated heterocycles. The first-order chi connectivity index (χ1) is 10.4. The maximum Gasteiger partial charge on any atom is 0.322 e. The van der Waals surface area contributed by atoms with E-state index in [0.29, 0.717) is 6.42 Å². The first kappa shape index (κ1) is 17.9. The number of aliphatic hydroxyl groups is 1. The van der Waals surface area contributed by atoms with Crippen LogP contribution in [0.25, 0.3) is 0 Å². The number of carbonyl (C=O) groups excluding carboxylic acids is 3. The highest BCUT2D eigenvalue weighted by atomic mass is 16.4. The highest BCUT2D eigenvalue weighted by Gasteiger charge is 2.27. The summed E-state index contributed by atoms with van der Waals surface area (Å²) in [5, 5.41) is 27.2. The summed E-state index contributed by atoms with van der Waals surface area (Å²) in [5.41, 5.74) is 0. The van der Waals surface area contributed by atoms with Crippen LogP contribution in [0, 0.1) is 0 Å². The van der Waals surface area contributed by atoms with Gasteiger partial charge in [0.25, 0.3) is 0 Å². The van der Waals surface area contributed by atoms with E-state index in [4.69, 9.17) is 10.2 Å². The number of aliphatic carboxylic acids is 1. The lowest BCUT2D eigenvalue weighted by Crippen LogP contribution is -2.54. The molecular formula is C12H20N4O6. The first-order valence-corrected chi connectivity index (χ1v) is 6.85. The van der Waals surface area contributed by atoms with Gasteiger partial charge in [0.2, 0.25) is 17.7 Å². The summed E-state index contributed by atoms with van der Waals surface area (Å²) < 4.78 is 0. The molecule has 0 bridgehead atoms. The van der Waals surface area contributed by atoms with E-state index in [1.54, 1.807) is 0 Å². The van der Waals surface area contributed by atoms with Gasteiger partial charge in [0.05, 0.1) is 19.2 Å². The number of carboxylic acid groups (broad SMARTS) is 1. The molecule has 3 amide bonds. The highest BCUT2D eigenvalue weighted by molar-refractivity contribution is 5.92. The Morgan fingerprint density at radius 2 is 1.91 bits per heavy atom. The van der Waals surface area contributed by atoms with Crippen molar-refractivity contribution in [3.05, 3.63) is 0 Å². The number of nitrogens with one attached hydrogen (secondary N) is 4. The number of aliphatic hydroxyl groups excluding tert-OH is 1. The summed E-state index contributed by atoms with van der Waals surface area (Å²) in [6, 6.07) is -1.55. The van der Waals surface area contributed by atoms with Gasteiger partial charge in [0, 0.05) is 0 Å². The van der Waals surface area contributed by atoms with Gasteiger partial charge in [-0.25, -0.2) is 0 Å². The minimum atomic E-state index is -1.20. The molecule has 124 valence electrons. The number of carboxylic acids is 1. The van der Waals surface area contributed by atoms with Crippen molar-refractivity contribution in [3.63, 3.8) is 0 Å². The Morgan fingerprint density at radius 1 is 1.18 bits per heavy atom. The van der Waals surface area contributed by atoms with Crippen molar-refractivity contribution < 1.29 is 29.4 Å². The van der Waals surface area contributed by atoms with Crippen molar-refractivity contribution in [3.8, 4) is 0 Å². The van der Waals surface area contributed by atoms with Crippen LogP contribution in [0.3, 0.4) is 0 Å². The van der Waals surface area contributed by atoms with E-state index in [2.05, 4.69) is 21.3 Å². The van der Waals surface area contributed by atoms with E-state index >= 15 is 0 Å². The van der Waals surface area contributed by atoms with Crippen molar-refractivity contribution in [2.75, 3.05) is 26.2 Å². The van der Waals surface area contributed by atoms with Gasteiger partial charge in [-0.3, -0.25) is 19.2 Å². The molecule has 0 aromatic heterocycles. The minimum absolute atomic E-state index is 0.387. The molecule has 1 fully saturated rings. The Labute approximate surface area is 126 Å². The third-order valence-corrected chi connectivity index (χ3v) is 3.05. The smallest absolute Gasteiger partial charge is 0.322 e. The fourth-order valence-corrected chi connectivity index (χ4v) is 1.90. The molecule has 2 unspecified atom stereocenters. The topological polar surface area (TPSA) is 157 Å². The van der Waals surface area contributed by atoms with Crippen LogP contribution in [0.4, 0.5) is 0 Å². The van der Waals surface area contributed by atoms with E-state index in [9.17, 15) is 19.2 Å². The van der Waals surface area contributed by atoms with Gasteiger partial charge in [0.15, 0.2) is 0 Å². The summed E-state index contributed by atoms with van der Waals surface area (Å²) >= 11 is 0. The second-order valence-electron chi connectivity index (χ2n) is 4.78. The lowest BCUT2D eigenvalue weighted by Gasteiger charge is -2.18. The molecule has 22 heavy (non-hydrogen) atoms. The summed E-state index contributed by atoms with van der Waals surface area (Å²) in [7, 11) is 0. The van der Waals surface area contributed by atoms with E-state index in [-0.39, 0.29) is 11.9 Å². The Kier molecular flexibility index (Phi) is 7.26. The summed E-state index contributed by atoms with van der Waals surface area (Å²) in [4.78, 5) is 45.1. The van der Waals surface area contributed by atoms with Gasteiger partial charge in [-0.15, -0.1) is 0 Å². The largest absolute Gasteiger partial charge is 0.480 e. The van der Waals surface area contributed by atoms with E-state index in [1.807, 2.05) is 0 Å². The van der Waals surface area contributed by atoms with Crippen LogP contribution >= 0.6 is 0 Å². The van der Waals surface area contributed by atoms with Gasteiger partial charge >= 0.3 is 5.97 Å². The zero-order valence-electron chi connectivity index (χ0n) is 11.9. The maximum atomic E-state index is 11.8. The molecule has 6 N–H and O–H groups in total. The predicted molar refractivity (Wildman–Crippen MR) is 73.7 cm³/mol. The maximum absolute atomic E-state index is 11.8. The van der Waals surface area contributed by atoms with Crippen LogP contribution in [0.2, 0.25) is 0 Å². The molecule has 0 aliphatic carbocycles. The molecule has 0 radical (unpaired) electrons.